The third-order valence-electron chi connectivity index (χ3n) is 2.92. The number of hydrogen-bond donors (Lipinski definition) is 1. The maximum absolute atomic E-state index is 11.9. The van der Waals surface area contributed by atoms with Crippen molar-refractivity contribution in [2.24, 2.45) is 0 Å². The fourth-order valence-electron chi connectivity index (χ4n) is 1.72. The third-order valence-corrected chi connectivity index (χ3v) is 2.92. The molecule has 0 radical (unpaired) electrons. The van der Waals surface area contributed by atoms with Gasteiger partial charge in [-0.15, -0.1) is 0 Å². The molecule has 0 aliphatic rings. The Morgan fingerprint density at radius 2 is 2.10 bits per heavy atom. The van der Waals surface area contributed by atoms with Gasteiger partial charge in [-0.1, -0.05) is 0 Å². The van der Waals surface area contributed by atoms with Crippen LogP contribution in [-0.2, 0) is 14.3 Å². The molecule has 7 nitrogen and oxygen atoms in total. The van der Waals surface area contributed by atoms with Crippen LogP contribution in [0, 0.1) is 0 Å². The van der Waals surface area contributed by atoms with Gasteiger partial charge in [-0.2, -0.15) is 0 Å². The molecule has 1 N–H and O–H groups in total. The highest BCUT2D eigenvalue weighted by molar-refractivity contribution is 5.91. The van der Waals surface area contributed by atoms with Crippen molar-refractivity contribution >= 4 is 17.8 Å². The molecule has 1 heterocycles. The molecule has 0 unspecified atom stereocenters. The number of nitrogens with zero attached hydrogens (tertiary/aromatic N) is 1. The lowest BCUT2D eigenvalue weighted by Gasteiger charge is -2.20. The molecule has 2 amide bonds. The van der Waals surface area contributed by atoms with Gasteiger partial charge in [0, 0.05) is 26.1 Å². The molecule has 7 heteroatoms. The van der Waals surface area contributed by atoms with E-state index in [1.54, 1.807) is 17.0 Å². The first kappa shape index (κ1) is 16.7. The molecule has 116 valence electrons. The van der Waals surface area contributed by atoms with Gasteiger partial charge in [-0.3, -0.25) is 14.4 Å². The second-order valence-electron chi connectivity index (χ2n) is 4.28. The zero-order valence-electron chi connectivity index (χ0n) is 12.3. The SMILES string of the molecule is CCN(CCC(=O)OC)C(=O)CCNC(=O)c1ccco1. The number of amides is 2. The number of carbonyl (C=O) groups excluding carboxylic acids is 3. The summed E-state index contributed by atoms with van der Waals surface area (Å²) < 4.78 is 9.47. The Kier molecular flexibility index (Phi) is 7.00. The van der Waals surface area contributed by atoms with Crippen LogP contribution in [0.4, 0.5) is 0 Å². The summed E-state index contributed by atoms with van der Waals surface area (Å²) in [5.74, 6) is -0.626. The summed E-state index contributed by atoms with van der Waals surface area (Å²) in [4.78, 5) is 36.1. The number of rotatable bonds is 8. The highest BCUT2D eigenvalue weighted by atomic mass is 16.5. The van der Waals surface area contributed by atoms with Crippen molar-refractivity contribution < 1.29 is 23.5 Å². The van der Waals surface area contributed by atoms with Gasteiger partial charge in [0.15, 0.2) is 5.76 Å². The van der Waals surface area contributed by atoms with Crippen molar-refractivity contribution in [2.45, 2.75) is 19.8 Å². The Morgan fingerprint density at radius 1 is 1.33 bits per heavy atom. The highest BCUT2D eigenvalue weighted by Crippen LogP contribution is 2.00. The first-order chi connectivity index (χ1) is 10.1. The molecule has 0 aliphatic heterocycles. The van der Waals surface area contributed by atoms with Crippen LogP contribution in [0.2, 0.25) is 0 Å². The van der Waals surface area contributed by atoms with Crippen LogP contribution in [-0.4, -0.2) is 49.4 Å². The minimum absolute atomic E-state index is 0.124. The molecule has 0 spiro atoms. The molecule has 0 fully saturated rings. The molecular formula is C14H20N2O5. The molecule has 1 rings (SSSR count). The highest BCUT2D eigenvalue weighted by Gasteiger charge is 2.14. The largest absolute Gasteiger partial charge is 0.469 e. The van der Waals surface area contributed by atoms with Crippen LogP contribution >= 0.6 is 0 Å². The molecule has 0 saturated heterocycles. The Labute approximate surface area is 123 Å². The van der Waals surface area contributed by atoms with Crippen molar-refractivity contribution in [1.29, 1.82) is 0 Å². The normalized spacial score (nSPS) is 10.0. The Morgan fingerprint density at radius 3 is 2.67 bits per heavy atom. The lowest BCUT2D eigenvalue weighted by molar-refractivity contribution is -0.141. The van der Waals surface area contributed by atoms with Crippen molar-refractivity contribution in [3.63, 3.8) is 0 Å². The predicted molar refractivity (Wildman–Crippen MR) is 74.5 cm³/mol. The number of methoxy groups -OCH3 is 1. The van der Waals surface area contributed by atoms with E-state index in [0.717, 1.165) is 0 Å². The first-order valence-corrected chi connectivity index (χ1v) is 6.74. The average molecular weight is 296 g/mol. The predicted octanol–water partition coefficient (Wildman–Crippen LogP) is 0.811. The second kappa shape index (κ2) is 8.78. The molecular weight excluding hydrogens is 276 g/mol. The van der Waals surface area contributed by atoms with Crippen molar-refractivity contribution in [3.05, 3.63) is 24.2 Å². The van der Waals surface area contributed by atoms with Gasteiger partial charge < -0.3 is 19.4 Å². The number of furan rings is 1. The lowest BCUT2D eigenvalue weighted by Crippen LogP contribution is -2.35. The van der Waals surface area contributed by atoms with Gasteiger partial charge in [-0.25, -0.2) is 0 Å². The molecule has 1 aromatic heterocycles. The fourth-order valence-corrected chi connectivity index (χ4v) is 1.72. The van der Waals surface area contributed by atoms with Gasteiger partial charge in [0.2, 0.25) is 5.91 Å². The van der Waals surface area contributed by atoms with E-state index in [1.807, 2.05) is 6.92 Å². The van der Waals surface area contributed by atoms with E-state index in [4.69, 9.17) is 4.42 Å². The lowest BCUT2D eigenvalue weighted by atomic mass is 10.3. The summed E-state index contributed by atoms with van der Waals surface area (Å²) >= 11 is 0. The van der Waals surface area contributed by atoms with E-state index < -0.39 is 0 Å². The average Bonchev–Trinajstić information content (AvgIpc) is 3.01. The zero-order chi connectivity index (χ0) is 15.7. The first-order valence-electron chi connectivity index (χ1n) is 6.74. The van der Waals surface area contributed by atoms with Crippen LogP contribution in [0.25, 0.3) is 0 Å². The van der Waals surface area contributed by atoms with Crippen LogP contribution in [0.3, 0.4) is 0 Å². The van der Waals surface area contributed by atoms with Gasteiger partial charge in [0.1, 0.15) is 0 Å². The van der Waals surface area contributed by atoms with Crippen molar-refractivity contribution in [2.75, 3.05) is 26.7 Å². The second-order valence-corrected chi connectivity index (χ2v) is 4.28. The van der Waals surface area contributed by atoms with E-state index in [0.29, 0.717) is 13.1 Å². The fraction of sp³-hybridized carbons (Fsp3) is 0.500. The maximum Gasteiger partial charge on any atom is 0.307 e. The van der Waals surface area contributed by atoms with Crippen LogP contribution in [0.1, 0.15) is 30.3 Å². The van der Waals surface area contributed by atoms with Crippen LogP contribution < -0.4 is 5.32 Å². The molecule has 0 aliphatic carbocycles. The summed E-state index contributed by atoms with van der Waals surface area (Å²) in [6.07, 6.45) is 1.74. The van der Waals surface area contributed by atoms with Crippen LogP contribution in [0.15, 0.2) is 22.8 Å². The summed E-state index contributed by atoms with van der Waals surface area (Å²) in [5.41, 5.74) is 0. The molecule has 0 bridgehead atoms. The van der Waals surface area contributed by atoms with E-state index in [1.165, 1.54) is 13.4 Å². The quantitative estimate of drug-likeness (QED) is 0.717. The summed E-state index contributed by atoms with van der Waals surface area (Å²) in [7, 11) is 1.31. The molecule has 1 aromatic rings. The van der Waals surface area contributed by atoms with Crippen molar-refractivity contribution in [1.82, 2.24) is 10.2 Å². The molecule has 21 heavy (non-hydrogen) atoms. The minimum Gasteiger partial charge on any atom is -0.469 e. The molecule has 0 aromatic carbocycles. The summed E-state index contributed by atoms with van der Waals surface area (Å²) in [6, 6.07) is 3.16. The molecule has 0 saturated carbocycles. The minimum atomic E-state index is -0.356. The van der Waals surface area contributed by atoms with E-state index in [2.05, 4.69) is 10.1 Å². The van der Waals surface area contributed by atoms with E-state index >= 15 is 0 Å². The Hall–Kier alpha value is -2.31. The summed E-state index contributed by atoms with van der Waals surface area (Å²) in [5, 5.41) is 2.60. The Balaban J connectivity index is 2.30. The Bertz CT molecular complexity index is 470. The molecule has 0 atom stereocenters. The van der Waals surface area contributed by atoms with Gasteiger partial charge >= 0.3 is 5.97 Å². The third kappa shape index (κ3) is 5.68. The topological polar surface area (TPSA) is 88.9 Å². The maximum atomic E-state index is 11.9. The van der Waals surface area contributed by atoms with Gasteiger partial charge in [0.25, 0.3) is 5.91 Å². The smallest absolute Gasteiger partial charge is 0.307 e. The number of nitrogens with one attached hydrogen (secondary N) is 1. The van der Waals surface area contributed by atoms with Gasteiger partial charge in [0.05, 0.1) is 19.8 Å². The van der Waals surface area contributed by atoms with Crippen molar-refractivity contribution in [3.8, 4) is 0 Å². The van der Waals surface area contributed by atoms with Crippen LogP contribution in [0.5, 0.6) is 0 Å². The van der Waals surface area contributed by atoms with Gasteiger partial charge in [-0.05, 0) is 19.1 Å². The standard InChI is InChI=1S/C14H20N2O5/c1-3-16(9-7-13(18)20-2)12(17)6-8-15-14(19)11-5-4-10-21-11/h4-5,10H,3,6-9H2,1-2H3,(H,15,19). The van der Waals surface area contributed by atoms with E-state index in [9.17, 15) is 14.4 Å². The zero-order valence-corrected chi connectivity index (χ0v) is 12.3. The monoisotopic (exact) mass is 296 g/mol. The summed E-state index contributed by atoms with van der Waals surface area (Å²) in [6.45, 7) is 2.86. The number of esters is 1. The number of ether oxygens (including phenoxy) is 1. The number of hydrogen-bond acceptors (Lipinski definition) is 5. The van der Waals surface area contributed by atoms with E-state index in [-0.39, 0.29) is 42.9 Å². The number of carbonyl (C=O) groups is 3.